The zero-order valence-electron chi connectivity index (χ0n) is 12.8. The maximum atomic E-state index is 6.51. The van der Waals surface area contributed by atoms with Gasteiger partial charge < -0.3 is 10.1 Å². The molecule has 110 valence electrons. The number of hydrogen-bond donors (Lipinski definition) is 1. The highest BCUT2D eigenvalue weighted by Gasteiger charge is 2.34. The van der Waals surface area contributed by atoms with E-state index in [1.807, 2.05) is 0 Å². The maximum Gasteiger partial charge on any atom is 0.0813 e. The van der Waals surface area contributed by atoms with Crippen LogP contribution in [0.5, 0.6) is 0 Å². The Kier molecular flexibility index (Phi) is 4.42. The highest BCUT2D eigenvalue weighted by Crippen LogP contribution is 2.36. The number of benzene rings is 1. The van der Waals surface area contributed by atoms with Crippen molar-refractivity contribution in [2.45, 2.75) is 63.7 Å². The van der Waals surface area contributed by atoms with Crippen molar-refractivity contribution in [2.24, 2.45) is 5.92 Å². The second-order valence-electron chi connectivity index (χ2n) is 6.41. The van der Waals surface area contributed by atoms with Crippen LogP contribution < -0.4 is 5.32 Å². The summed E-state index contributed by atoms with van der Waals surface area (Å²) in [6.45, 7) is 2.31. The smallest absolute Gasteiger partial charge is 0.0813 e. The van der Waals surface area contributed by atoms with E-state index in [1.165, 1.54) is 43.2 Å². The van der Waals surface area contributed by atoms with Crippen molar-refractivity contribution < 1.29 is 4.74 Å². The molecular formula is C18H27NO. The molecule has 1 aromatic carbocycles. The minimum atomic E-state index is 0.318. The van der Waals surface area contributed by atoms with Gasteiger partial charge in [0.1, 0.15) is 0 Å². The van der Waals surface area contributed by atoms with Gasteiger partial charge in [-0.05, 0) is 36.9 Å². The van der Waals surface area contributed by atoms with Crippen LogP contribution in [0.1, 0.15) is 56.2 Å². The van der Waals surface area contributed by atoms with Gasteiger partial charge in [0.2, 0.25) is 0 Å². The Morgan fingerprint density at radius 1 is 1.25 bits per heavy atom. The molecule has 1 aromatic rings. The first-order chi connectivity index (χ1) is 9.81. The molecule has 2 heteroatoms. The van der Waals surface area contributed by atoms with Gasteiger partial charge in [0.05, 0.1) is 18.2 Å². The molecule has 4 unspecified atom stereocenters. The van der Waals surface area contributed by atoms with E-state index in [2.05, 4.69) is 43.6 Å². The molecular weight excluding hydrogens is 246 g/mol. The summed E-state index contributed by atoms with van der Waals surface area (Å²) >= 11 is 0. The van der Waals surface area contributed by atoms with Gasteiger partial charge >= 0.3 is 0 Å². The lowest BCUT2D eigenvalue weighted by atomic mass is 9.85. The number of ether oxygens (including phenoxy) is 1. The predicted molar refractivity (Wildman–Crippen MR) is 82.9 cm³/mol. The fourth-order valence-electron chi connectivity index (χ4n) is 4.01. The van der Waals surface area contributed by atoms with Crippen molar-refractivity contribution in [3.8, 4) is 0 Å². The van der Waals surface area contributed by atoms with Gasteiger partial charge in [-0.25, -0.2) is 0 Å². The van der Waals surface area contributed by atoms with Gasteiger partial charge in [-0.3, -0.25) is 0 Å². The Balaban J connectivity index is 1.66. The van der Waals surface area contributed by atoms with Gasteiger partial charge in [0.25, 0.3) is 0 Å². The van der Waals surface area contributed by atoms with Crippen LogP contribution in [0, 0.1) is 5.92 Å². The Morgan fingerprint density at radius 2 is 2.10 bits per heavy atom. The average Bonchev–Trinajstić information content (AvgIpc) is 2.84. The lowest BCUT2D eigenvalue weighted by molar-refractivity contribution is -0.0501. The first kappa shape index (κ1) is 14.1. The van der Waals surface area contributed by atoms with Crippen LogP contribution in [-0.4, -0.2) is 19.3 Å². The van der Waals surface area contributed by atoms with Crippen LogP contribution in [-0.2, 0) is 11.2 Å². The standard InChI is InChI=1S/C18H27NO/c1-3-13-7-6-9-15(11-13)20-17-12-14-8-4-5-10-16(14)18(17)19-2/h4-5,8,10,13,15,17-19H,3,6-7,9,11-12H2,1-2H3. The topological polar surface area (TPSA) is 21.3 Å². The number of nitrogens with one attached hydrogen (secondary N) is 1. The Hall–Kier alpha value is -0.860. The van der Waals surface area contributed by atoms with Gasteiger partial charge in [0, 0.05) is 6.42 Å². The van der Waals surface area contributed by atoms with Gasteiger partial charge in [0.15, 0.2) is 0 Å². The SMILES string of the molecule is CCC1CCCC(OC2Cc3ccccc3C2NC)C1. The van der Waals surface area contributed by atoms with Crippen LogP contribution in [0.4, 0.5) is 0 Å². The third-order valence-corrected chi connectivity index (χ3v) is 5.17. The van der Waals surface area contributed by atoms with E-state index >= 15 is 0 Å². The van der Waals surface area contributed by atoms with Crippen LogP contribution in [0.3, 0.4) is 0 Å². The fourth-order valence-corrected chi connectivity index (χ4v) is 4.01. The molecule has 1 N–H and O–H groups in total. The first-order valence-corrected chi connectivity index (χ1v) is 8.22. The second-order valence-corrected chi connectivity index (χ2v) is 6.41. The zero-order valence-corrected chi connectivity index (χ0v) is 12.8. The molecule has 0 aromatic heterocycles. The van der Waals surface area contributed by atoms with E-state index in [4.69, 9.17) is 4.74 Å². The summed E-state index contributed by atoms with van der Waals surface area (Å²) in [6, 6.07) is 9.14. The second kappa shape index (κ2) is 6.28. The lowest BCUT2D eigenvalue weighted by Crippen LogP contribution is -2.34. The van der Waals surface area contributed by atoms with Crippen molar-refractivity contribution in [3.05, 3.63) is 35.4 Å². The molecule has 0 bridgehead atoms. The molecule has 2 aliphatic rings. The lowest BCUT2D eigenvalue weighted by Gasteiger charge is -2.32. The molecule has 2 nitrogen and oxygen atoms in total. The summed E-state index contributed by atoms with van der Waals surface area (Å²) in [7, 11) is 2.05. The average molecular weight is 273 g/mol. The normalized spacial score (nSPS) is 33.1. The summed E-state index contributed by atoms with van der Waals surface area (Å²) in [5.74, 6) is 0.880. The van der Waals surface area contributed by atoms with Crippen molar-refractivity contribution in [2.75, 3.05) is 7.05 Å². The third kappa shape index (κ3) is 2.77. The molecule has 4 atom stereocenters. The molecule has 1 fully saturated rings. The molecule has 0 radical (unpaired) electrons. The quantitative estimate of drug-likeness (QED) is 0.899. The molecule has 1 saturated carbocycles. The van der Waals surface area contributed by atoms with E-state index < -0.39 is 0 Å². The predicted octanol–water partition coefficient (Wildman–Crippen LogP) is 3.86. The van der Waals surface area contributed by atoms with Gasteiger partial charge in [-0.15, -0.1) is 0 Å². The molecule has 0 spiro atoms. The molecule has 0 aliphatic heterocycles. The van der Waals surface area contributed by atoms with Crippen LogP contribution in [0.2, 0.25) is 0 Å². The number of fused-ring (bicyclic) bond motifs is 1. The summed E-state index contributed by atoms with van der Waals surface area (Å²) in [5.41, 5.74) is 2.89. The highest BCUT2D eigenvalue weighted by molar-refractivity contribution is 5.36. The fraction of sp³-hybridized carbons (Fsp3) is 0.667. The van der Waals surface area contributed by atoms with Gasteiger partial charge in [-0.2, -0.15) is 0 Å². The number of hydrogen-bond acceptors (Lipinski definition) is 2. The summed E-state index contributed by atoms with van der Waals surface area (Å²) < 4.78 is 6.51. The van der Waals surface area contributed by atoms with Gasteiger partial charge in [-0.1, -0.05) is 50.5 Å². The van der Waals surface area contributed by atoms with Crippen molar-refractivity contribution in [3.63, 3.8) is 0 Å². The zero-order chi connectivity index (χ0) is 13.9. The minimum absolute atomic E-state index is 0.318. The monoisotopic (exact) mass is 273 g/mol. The summed E-state index contributed by atoms with van der Waals surface area (Å²) in [5, 5.41) is 3.46. The molecule has 0 amide bonds. The third-order valence-electron chi connectivity index (χ3n) is 5.17. The van der Waals surface area contributed by atoms with E-state index in [-0.39, 0.29) is 0 Å². The summed E-state index contributed by atoms with van der Waals surface area (Å²) in [6.07, 6.45) is 8.42. The van der Waals surface area contributed by atoms with Crippen molar-refractivity contribution in [1.29, 1.82) is 0 Å². The molecule has 0 heterocycles. The largest absolute Gasteiger partial charge is 0.373 e. The Morgan fingerprint density at radius 3 is 2.90 bits per heavy atom. The molecule has 2 aliphatic carbocycles. The number of rotatable bonds is 4. The minimum Gasteiger partial charge on any atom is -0.373 e. The Bertz CT molecular complexity index is 445. The summed E-state index contributed by atoms with van der Waals surface area (Å²) in [4.78, 5) is 0. The molecule has 20 heavy (non-hydrogen) atoms. The van der Waals surface area contributed by atoms with Crippen LogP contribution >= 0.6 is 0 Å². The highest BCUT2D eigenvalue weighted by atomic mass is 16.5. The van der Waals surface area contributed by atoms with Crippen molar-refractivity contribution in [1.82, 2.24) is 5.32 Å². The van der Waals surface area contributed by atoms with Crippen molar-refractivity contribution >= 4 is 0 Å². The maximum absolute atomic E-state index is 6.51. The van der Waals surface area contributed by atoms with Crippen LogP contribution in [0.25, 0.3) is 0 Å². The van der Waals surface area contributed by atoms with E-state index in [9.17, 15) is 0 Å². The van der Waals surface area contributed by atoms with E-state index in [0.29, 0.717) is 18.2 Å². The van der Waals surface area contributed by atoms with E-state index in [1.54, 1.807) is 0 Å². The first-order valence-electron chi connectivity index (χ1n) is 8.22. The van der Waals surface area contributed by atoms with E-state index in [0.717, 1.165) is 12.3 Å². The Labute approximate surface area is 122 Å². The molecule has 3 rings (SSSR count). The van der Waals surface area contributed by atoms with Crippen LogP contribution in [0.15, 0.2) is 24.3 Å². The number of likely N-dealkylation sites (N-methyl/N-ethyl adjacent to an activating group) is 1. The molecule has 0 saturated heterocycles.